The highest BCUT2D eigenvalue weighted by Crippen LogP contribution is 2.17. The molecule has 0 bridgehead atoms. The average molecular weight is 396 g/mol. The van der Waals surface area contributed by atoms with E-state index < -0.39 is 0 Å². The number of benzene rings is 1. The molecule has 0 radical (unpaired) electrons. The van der Waals surface area contributed by atoms with Crippen molar-refractivity contribution in [3.05, 3.63) is 53.7 Å². The molecule has 0 saturated carbocycles. The van der Waals surface area contributed by atoms with Gasteiger partial charge >= 0.3 is 0 Å². The second kappa shape index (κ2) is 12.5. The van der Waals surface area contributed by atoms with Crippen LogP contribution in [-0.2, 0) is 0 Å². The summed E-state index contributed by atoms with van der Waals surface area (Å²) in [7, 11) is 0. The summed E-state index contributed by atoms with van der Waals surface area (Å²) < 4.78 is 0. The quantitative estimate of drug-likeness (QED) is 0.312. The Morgan fingerprint density at radius 1 is 1.03 bits per heavy atom. The molecule has 0 fully saturated rings. The van der Waals surface area contributed by atoms with Gasteiger partial charge in [0.1, 0.15) is 5.82 Å². The minimum atomic E-state index is -0.316. The summed E-state index contributed by atoms with van der Waals surface area (Å²) in [6.07, 6.45) is 10.5. The summed E-state index contributed by atoms with van der Waals surface area (Å²) in [5, 5.41) is 4.04. The van der Waals surface area contributed by atoms with Crippen LogP contribution < -0.4 is 16.1 Å². The fourth-order valence-corrected chi connectivity index (χ4v) is 3.02. The van der Waals surface area contributed by atoms with Crippen LogP contribution in [0.4, 0.5) is 11.5 Å². The molecule has 156 valence electrons. The van der Waals surface area contributed by atoms with E-state index in [0.29, 0.717) is 11.4 Å². The zero-order valence-electron chi connectivity index (χ0n) is 17.6. The van der Waals surface area contributed by atoms with Gasteiger partial charge in [-0.05, 0) is 42.7 Å². The molecule has 1 aromatic heterocycles. The van der Waals surface area contributed by atoms with Gasteiger partial charge in [-0.3, -0.25) is 4.79 Å². The standard InChI is InChI=1S/C23H33N5O/c1-3-5-7-15-28(16-8-6-4-2)21-12-9-19(10-13-21)17-26-27-23(29)20-11-14-22(24)25-18-20/h9-14,17-18H,3-8,15-16H2,1-2H3,(H2,24,25)(H,27,29)/b26-17+. The minimum Gasteiger partial charge on any atom is -0.384 e. The SMILES string of the molecule is CCCCCN(CCCCC)c1ccc(/C=N/NC(=O)c2ccc(N)nc2)cc1. The number of unbranched alkanes of at least 4 members (excludes halogenated alkanes) is 4. The fraction of sp³-hybridized carbons (Fsp3) is 0.435. The summed E-state index contributed by atoms with van der Waals surface area (Å²) in [4.78, 5) is 18.4. The van der Waals surface area contributed by atoms with Crippen molar-refractivity contribution in [1.82, 2.24) is 10.4 Å². The van der Waals surface area contributed by atoms with E-state index in [2.05, 4.69) is 46.4 Å². The first kappa shape index (κ1) is 22.4. The van der Waals surface area contributed by atoms with Crippen LogP contribution in [0.15, 0.2) is 47.7 Å². The summed E-state index contributed by atoms with van der Waals surface area (Å²) in [5.74, 6) is 0.0620. The monoisotopic (exact) mass is 395 g/mol. The predicted molar refractivity (Wildman–Crippen MR) is 121 cm³/mol. The van der Waals surface area contributed by atoms with E-state index in [4.69, 9.17) is 5.73 Å². The lowest BCUT2D eigenvalue weighted by Crippen LogP contribution is -2.25. The summed E-state index contributed by atoms with van der Waals surface area (Å²) >= 11 is 0. The Bertz CT molecular complexity index is 746. The Kier molecular flexibility index (Phi) is 9.69. The number of anilines is 2. The van der Waals surface area contributed by atoms with Gasteiger partial charge in [0.2, 0.25) is 0 Å². The molecule has 6 heteroatoms. The molecule has 3 N–H and O–H groups in total. The lowest BCUT2D eigenvalue weighted by Gasteiger charge is -2.25. The Labute approximate surface area is 174 Å². The highest BCUT2D eigenvalue weighted by molar-refractivity contribution is 5.94. The molecule has 0 unspecified atom stereocenters. The van der Waals surface area contributed by atoms with Crippen molar-refractivity contribution >= 4 is 23.6 Å². The Morgan fingerprint density at radius 3 is 2.24 bits per heavy atom. The molecule has 2 aromatic rings. The number of hydrogen-bond donors (Lipinski definition) is 2. The van der Waals surface area contributed by atoms with Gasteiger partial charge in [0.05, 0.1) is 11.8 Å². The minimum absolute atomic E-state index is 0.316. The van der Waals surface area contributed by atoms with Gasteiger partial charge in [0.15, 0.2) is 0 Å². The van der Waals surface area contributed by atoms with Crippen molar-refractivity contribution in [2.75, 3.05) is 23.7 Å². The largest absolute Gasteiger partial charge is 0.384 e. The van der Waals surface area contributed by atoms with Gasteiger partial charge < -0.3 is 10.6 Å². The number of rotatable bonds is 12. The van der Waals surface area contributed by atoms with Crippen molar-refractivity contribution in [1.29, 1.82) is 0 Å². The van der Waals surface area contributed by atoms with Crippen molar-refractivity contribution < 1.29 is 4.79 Å². The molecule has 1 heterocycles. The number of pyridine rings is 1. The third-order valence-corrected chi connectivity index (χ3v) is 4.75. The first-order valence-corrected chi connectivity index (χ1v) is 10.5. The number of carbonyl (C=O) groups is 1. The van der Waals surface area contributed by atoms with E-state index in [1.807, 2.05) is 12.1 Å². The molecule has 1 amide bonds. The first-order chi connectivity index (χ1) is 14.1. The summed E-state index contributed by atoms with van der Waals surface area (Å²) in [5.41, 5.74) is 10.6. The molecular formula is C23H33N5O. The van der Waals surface area contributed by atoms with Crippen LogP contribution in [0, 0.1) is 0 Å². The van der Waals surface area contributed by atoms with Crippen molar-refractivity contribution in [3.63, 3.8) is 0 Å². The topological polar surface area (TPSA) is 83.6 Å². The molecule has 0 aliphatic rings. The fourth-order valence-electron chi connectivity index (χ4n) is 3.02. The van der Waals surface area contributed by atoms with E-state index in [-0.39, 0.29) is 5.91 Å². The van der Waals surface area contributed by atoms with Crippen LogP contribution in [0.3, 0.4) is 0 Å². The number of nitrogens with two attached hydrogens (primary N) is 1. The zero-order valence-corrected chi connectivity index (χ0v) is 17.6. The third kappa shape index (κ3) is 7.94. The number of amides is 1. The molecule has 0 aliphatic carbocycles. The average Bonchev–Trinajstić information content (AvgIpc) is 2.74. The van der Waals surface area contributed by atoms with E-state index in [1.165, 1.54) is 50.4 Å². The Morgan fingerprint density at radius 2 is 1.69 bits per heavy atom. The zero-order chi connectivity index (χ0) is 20.9. The normalized spacial score (nSPS) is 11.0. The number of nitrogen functional groups attached to an aromatic ring is 1. The Hall–Kier alpha value is -2.89. The van der Waals surface area contributed by atoms with Crippen LogP contribution in [0.2, 0.25) is 0 Å². The molecule has 0 spiro atoms. The van der Waals surface area contributed by atoms with Crippen LogP contribution in [0.25, 0.3) is 0 Å². The molecule has 6 nitrogen and oxygen atoms in total. The number of nitrogens with zero attached hydrogens (tertiary/aromatic N) is 3. The maximum absolute atomic E-state index is 12.0. The number of hydrazone groups is 1. The lowest BCUT2D eigenvalue weighted by atomic mass is 10.1. The van der Waals surface area contributed by atoms with Gasteiger partial charge in [-0.25, -0.2) is 10.4 Å². The van der Waals surface area contributed by atoms with E-state index in [9.17, 15) is 4.79 Å². The van der Waals surface area contributed by atoms with E-state index in [1.54, 1.807) is 18.3 Å². The van der Waals surface area contributed by atoms with Crippen LogP contribution in [0.5, 0.6) is 0 Å². The maximum atomic E-state index is 12.0. The van der Waals surface area contributed by atoms with Crippen LogP contribution in [0.1, 0.15) is 68.3 Å². The lowest BCUT2D eigenvalue weighted by molar-refractivity contribution is 0.0955. The van der Waals surface area contributed by atoms with Crippen molar-refractivity contribution in [2.45, 2.75) is 52.4 Å². The highest BCUT2D eigenvalue weighted by Gasteiger charge is 2.06. The van der Waals surface area contributed by atoms with Gasteiger partial charge in [0, 0.05) is 25.0 Å². The highest BCUT2D eigenvalue weighted by atomic mass is 16.2. The number of carbonyl (C=O) groups excluding carboxylic acids is 1. The third-order valence-electron chi connectivity index (χ3n) is 4.75. The molecule has 0 aliphatic heterocycles. The van der Waals surface area contributed by atoms with Gasteiger partial charge in [-0.1, -0.05) is 51.7 Å². The second-order valence-corrected chi connectivity index (χ2v) is 7.16. The van der Waals surface area contributed by atoms with Crippen LogP contribution >= 0.6 is 0 Å². The molecule has 0 saturated heterocycles. The molecule has 1 aromatic carbocycles. The second-order valence-electron chi connectivity index (χ2n) is 7.16. The summed E-state index contributed by atoms with van der Waals surface area (Å²) in [6, 6.07) is 11.5. The van der Waals surface area contributed by atoms with Crippen LogP contribution in [-0.4, -0.2) is 30.2 Å². The van der Waals surface area contributed by atoms with Gasteiger partial charge in [0.25, 0.3) is 5.91 Å². The number of hydrogen-bond acceptors (Lipinski definition) is 5. The molecule has 0 atom stereocenters. The number of aromatic nitrogens is 1. The van der Waals surface area contributed by atoms with Gasteiger partial charge in [-0.15, -0.1) is 0 Å². The molecular weight excluding hydrogens is 362 g/mol. The molecule has 2 rings (SSSR count). The van der Waals surface area contributed by atoms with Crippen molar-refractivity contribution in [2.24, 2.45) is 5.10 Å². The van der Waals surface area contributed by atoms with E-state index in [0.717, 1.165) is 18.7 Å². The molecule has 29 heavy (non-hydrogen) atoms. The first-order valence-electron chi connectivity index (χ1n) is 10.5. The van der Waals surface area contributed by atoms with E-state index >= 15 is 0 Å². The number of nitrogens with one attached hydrogen (secondary N) is 1. The maximum Gasteiger partial charge on any atom is 0.272 e. The van der Waals surface area contributed by atoms with Crippen molar-refractivity contribution in [3.8, 4) is 0 Å². The summed E-state index contributed by atoms with van der Waals surface area (Å²) in [6.45, 7) is 6.66. The Balaban J connectivity index is 1.92. The predicted octanol–water partition coefficient (Wildman–Crippen LogP) is 4.61. The van der Waals surface area contributed by atoms with Gasteiger partial charge in [-0.2, -0.15) is 5.10 Å². The smallest absolute Gasteiger partial charge is 0.272 e.